The molecule has 20 heteroatoms. The van der Waals surface area contributed by atoms with Gasteiger partial charge in [-0.2, -0.15) is 0 Å². The number of aliphatic hydroxyl groups excluding tert-OH is 2. The first-order chi connectivity index (χ1) is 35.5. The van der Waals surface area contributed by atoms with Crippen LogP contribution in [-0.2, 0) is 73.3 Å². The number of hydrogen-bond acceptors (Lipinski definition) is 16. The van der Waals surface area contributed by atoms with Gasteiger partial charge in [-0.25, -0.2) is 0 Å². The smallest absolute Gasteiger partial charge is 0.227 e. The summed E-state index contributed by atoms with van der Waals surface area (Å²) in [6.45, 7) is 37.7. The number of anilines is 2. The second kappa shape index (κ2) is 37.0. The third-order valence-electron chi connectivity index (χ3n) is 13.5. The lowest BCUT2D eigenvalue weighted by molar-refractivity contribution is -0.119. The molecule has 2 rings (SSSR count). The van der Waals surface area contributed by atoms with Crippen molar-refractivity contribution in [3.05, 3.63) is 58.7 Å². The molecule has 0 unspecified atom stereocenters. The number of methoxy groups -OCH3 is 2. The molecule has 0 fully saturated rings. The lowest BCUT2D eigenvalue weighted by atomic mass is 10.1. The van der Waals surface area contributed by atoms with E-state index in [2.05, 4.69) is 120 Å². The summed E-state index contributed by atoms with van der Waals surface area (Å²) in [7, 11) is 6.34. The summed E-state index contributed by atoms with van der Waals surface area (Å²) >= 11 is 0. The van der Waals surface area contributed by atoms with Crippen LogP contribution in [0.1, 0.15) is 117 Å². The van der Waals surface area contributed by atoms with Crippen LogP contribution in [0.25, 0.3) is 0 Å². The van der Waals surface area contributed by atoms with Crippen molar-refractivity contribution >= 4 is 83.0 Å². The largest absolute Gasteiger partial charge is 0.413 e. The topological polar surface area (TPSA) is 155 Å². The molecule has 0 saturated heterocycles. The van der Waals surface area contributed by atoms with Crippen LogP contribution in [0.4, 0.5) is 11.4 Å². The van der Waals surface area contributed by atoms with Crippen LogP contribution in [-0.4, -0.2) is 154 Å². The number of aliphatic hydroxyl groups is 2. The van der Waals surface area contributed by atoms with Gasteiger partial charge in [-0.05, 0) is 136 Å². The molecule has 440 valence electrons. The van der Waals surface area contributed by atoms with Crippen molar-refractivity contribution in [1.29, 1.82) is 0 Å². The van der Waals surface area contributed by atoms with Crippen LogP contribution < -0.4 is 9.80 Å². The van der Waals surface area contributed by atoms with Crippen LogP contribution in [0, 0.1) is 0 Å². The molecule has 0 saturated carbocycles. The fraction of sp³-hybridized carbons (Fsp3) is 0.750. The van der Waals surface area contributed by atoms with Gasteiger partial charge in [0.15, 0.2) is 16.6 Å². The van der Waals surface area contributed by atoms with Crippen LogP contribution in [0.2, 0.25) is 36.3 Å². The summed E-state index contributed by atoms with van der Waals surface area (Å²) < 4.78 is 45.7. The molecule has 0 heterocycles. The molecule has 0 aliphatic rings. The Kier molecular flexibility index (Phi) is 35.5. The van der Waals surface area contributed by atoms with E-state index in [1.807, 2.05) is 21.9 Å². The van der Waals surface area contributed by atoms with E-state index in [9.17, 15) is 19.8 Å². The predicted octanol–water partition coefficient (Wildman–Crippen LogP) is 12.6. The number of ether oxygens (including phenoxy) is 6. The lowest BCUT2D eigenvalue weighted by Gasteiger charge is -2.37. The zero-order valence-corrected chi connectivity index (χ0v) is 55.4. The van der Waals surface area contributed by atoms with Crippen molar-refractivity contribution in [3.8, 4) is 0 Å². The van der Waals surface area contributed by atoms with Crippen molar-refractivity contribution in [2.24, 2.45) is 0 Å². The molecule has 2 aromatic rings. The van der Waals surface area contributed by atoms with Crippen molar-refractivity contribution < 1.29 is 57.1 Å². The summed E-state index contributed by atoms with van der Waals surface area (Å²) in [5, 5.41) is 19.3. The Morgan fingerprint density at radius 1 is 0.487 bits per heavy atom. The zero-order chi connectivity index (χ0) is 57.6. The minimum absolute atomic E-state index is 0.00217. The van der Waals surface area contributed by atoms with Gasteiger partial charge in [-0.15, -0.1) is 0 Å². The maximum absolute atomic E-state index is 13.9. The summed E-state index contributed by atoms with van der Waals surface area (Å²) in [5.41, 5.74) is 4.98. The van der Waals surface area contributed by atoms with E-state index in [4.69, 9.17) is 37.3 Å². The Balaban J connectivity index is 0.000000813. The molecule has 0 aliphatic carbocycles. The number of carbonyl (C=O) groups is 2. The maximum atomic E-state index is 13.9. The molecule has 0 aliphatic heterocycles. The van der Waals surface area contributed by atoms with Crippen LogP contribution in [0.3, 0.4) is 0 Å². The fourth-order valence-electron chi connectivity index (χ4n) is 6.76. The molecule has 0 spiro atoms. The number of benzene rings is 2. The van der Waals surface area contributed by atoms with E-state index in [0.29, 0.717) is 122 Å². The zero-order valence-electron chi connectivity index (χ0n) is 50.1. The van der Waals surface area contributed by atoms with Crippen molar-refractivity contribution in [2.45, 2.75) is 167 Å². The highest BCUT2D eigenvalue weighted by molar-refractivity contribution is 8.77. The minimum Gasteiger partial charge on any atom is -0.413 e. The van der Waals surface area contributed by atoms with Gasteiger partial charge in [0.05, 0.1) is 92.5 Å². The van der Waals surface area contributed by atoms with Gasteiger partial charge in [-0.1, -0.05) is 96.9 Å². The summed E-state index contributed by atoms with van der Waals surface area (Å²) in [6, 6.07) is 11.7. The molecular formula is C56H102N2O12S4Si2. The Bertz CT molecular complexity index is 1860. The first-order valence-corrected chi connectivity index (χ1v) is 37.5. The Labute approximate surface area is 478 Å². The molecular weight excluding hydrogens is 1080 g/mol. The third-order valence-corrected chi connectivity index (χ3v) is 27.8. The number of rotatable bonds is 38. The minimum atomic E-state index is -1.98. The summed E-state index contributed by atoms with van der Waals surface area (Å²) in [5.74, 6) is 0.0946. The van der Waals surface area contributed by atoms with E-state index in [1.54, 1.807) is 69.7 Å². The monoisotopic (exact) mass is 1180 g/mol. The Morgan fingerprint density at radius 3 is 1.09 bits per heavy atom. The molecule has 76 heavy (non-hydrogen) atoms. The average molecular weight is 1180 g/mol. The number of hydrogen-bond donors (Lipinski definition) is 2. The van der Waals surface area contributed by atoms with E-state index >= 15 is 0 Å². The van der Waals surface area contributed by atoms with Gasteiger partial charge >= 0.3 is 0 Å². The normalized spacial score (nSPS) is 12.7. The number of amides is 2. The Hall–Kier alpha value is -1.19. The maximum Gasteiger partial charge on any atom is 0.227 e. The molecule has 0 radical (unpaired) electrons. The second-order valence-corrected chi connectivity index (χ2v) is 38.8. The van der Waals surface area contributed by atoms with Gasteiger partial charge in [0.25, 0.3) is 0 Å². The summed E-state index contributed by atoms with van der Waals surface area (Å²) in [4.78, 5) is 30.6. The molecule has 14 nitrogen and oxygen atoms in total. The fourth-order valence-corrected chi connectivity index (χ4v) is 13.2. The van der Waals surface area contributed by atoms with Crippen molar-refractivity contribution in [3.63, 3.8) is 0 Å². The predicted molar refractivity (Wildman–Crippen MR) is 329 cm³/mol. The molecule has 0 aromatic heterocycles. The second-order valence-electron chi connectivity index (χ2n) is 23.0. The van der Waals surface area contributed by atoms with E-state index in [0.717, 1.165) is 29.7 Å². The van der Waals surface area contributed by atoms with Crippen LogP contribution in [0.15, 0.2) is 36.4 Å². The van der Waals surface area contributed by atoms with E-state index in [-0.39, 0.29) is 44.6 Å². The van der Waals surface area contributed by atoms with Gasteiger partial charge < -0.3 is 57.3 Å². The first kappa shape index (κ1) is 72.8. The molecule has 2 aromatic carbocycles. The molecule has 0 bridgehead atoms. The molecule has 0 atom stereocenters. The highest BCUT2D eigenvalue weighted by atomic mass is 33.1. The van der Waals surface area contributed by atoms with Gasteiger partial charge in [-0.3, -0.25) is 9.59 Å². The molecule has 2 amide bonds. The third kappa shape index (κ3) is 29.5. The van der Waals surface area contributed by atoms with E-state index in [1.165, 1.54) is 0 Å². The highest BCUT2D eigenvalue weighted by Crippen LogP contribution is 2.41. The Morgan fingerprint density at radius 2 is 0.789 bits per heavy atom. The van der Waals surface area contributed by atoms with E-state index < -0.39 is 16.6 Å². The van der Waals surface area contributed by atoms with Crippen LogP contribution >= 0.6 is 43.2 Å². The van der Waals surface area contributed by atoms with Crippen LogP contribution in [0.5, 0.6) is 0 Å². The van der Waals surface area contributed by atoms with Crippen molar-refractivity contribution in [2.75, 3.05) is 116 Å². The lowest BCUT2D eigenvalue weighted by Crippen LogP contribution is -2.40. The van der Waals surface area contributed by atoms with Crippen molar-refractivity contribution in [1.82, 2.24) is 0 Å². The number of carbonyl (C=O) groups excluding carboxylic acids is 2. The van der Waals surface area contributed by atoms with Gasteiger partial charge in [0.2, 0.25) is 11.8 Å². The SMILES string of the molecule is COCCOCCOCCN(C(=O)CCC(C)(C)SSC)c1cc(CO)cc(CO)c1.COCCOCCOCCN(C(=O)CCC(C)(C)SSC)c1cc(CO[Si](C)(C)C(C)(C)C)cc(CO[Si](C)(C)C(C)(C)C)c1. The number of nitrogens with zero attached hydrogens (tertiary/aromatic N) is 2. The van der Waals surface area contributed by atoms with Gasteiger partial charge in [0.1, 0.15) is 0 Å². The summed E-state index contributed by atoms with van der Waals surface area (Å²) in [6.07, 6.45) is 6.52. The average Bonchev–Trinajstić information content (AvgIpc) is 3.34. The first-order valence-electron chi connectivity index (χ1n) is 26.6. The highest BCUT2D eigenvalue weighted by Gasteiger charge is 2.38. The molecule has 2 N–H and O–H groups in total. The standard InChI is InChI=1S/C34H65NO6S2Si2.C22H37NO6S2/c1-32(2,3)44(11,12)40-26-28-23-29(27-41-45(13,14)33(4,5)6)25-30(24-28)35(17-18-38-21-22-39-20-19-37-9)31(36)15-16-34(7,8)43-42-10;1-22(2,31-30-4)6-5-21(26)23(7-8-28-11-12-29-10-9-27-3)20-14-18(16-24)13-19(15-20)17-25/h23-25H,15-22,26-27H2,1-14H3;13-15,24-25H,5-12,16-17H2,1-4H3. The van der Waals surface area contributed by atoms with Gasteiger partial charge in [0, 0.05) is 61.0 Å². The quantitative estimate of drug-likeness (QED) is 0.0372.